The third kappa shape index (κ3) is 3.74. The van der Waals surface area contributed by atoms with Gasteiger partial charge in [-0.1, -0.05) is 31.5 Å². The van der Waals surface area contributed by atoms with E-state index in [1.165, 1.54) is 7.11 Å². The summed E-state index contributed by atoms with van der Waals surface area (Å²) in [6.07, 6.45) is 3.35. The molecule has 2 rings (SSSR count). The topological polar surface area (TPSA) is 67.4 Å². The van der Waals surface area contributed by atoms with E-state index >= 15 is 0 Å². The lowest BCUT2D eigenvalue weighted by molar-refractivity contribution is -0.145. The Bertz CT molecular complexity index is 516. The summed E-state index contributed by atoms with van der Waals surface area (Å²) in [5.74, 6) is -0.478. The molecule has 2 atom stereocenters. The van der Waals surface area contributed by atoms with Gasteiger partial charge in [-0.2, -0.15) is 0 Å². The van der Waals surface area contributed by atoms with Gasteiger partial charge in [0.15, 0.2) is 0 Å². The average molecular weight is 290 g/mol. The summed E-state index contributed by atoms with van der Waals surface area (Å²) >= 11 is 0. The monoisotopic (exact) mass is 290 g/mol. The van der Waals surface area contributed by atoms with E-state index in [0.29, 0.717) is 0 Å². The molecule has 1 aliphatic rings. The number of nitrogens with one attached hydrogen (secondary N) is 2. The number of amides is 2. The van der Waals surface area contributed by atoms with E-state index in [-0.39, 0.29) is 24.0 Å². The van der Waals surface area contributed by atoms with E-state index in [0.717, 1.165) is 36.9 Å². The Morgan fingerprint density at radius 3 is 2.76 bits per heavy atom. The molecular formula is C16H22N2O3. The maximum Gasteiger partial charge on any atom is 0.319 e. The molecule has 0 spiro atoms. The van der Waals surface area contributed by atoms with E-state index in [9.17, 15) is 9.59 Å². The van der Waals surface area contributed by atoms with Gasteiger partial charge in [-0.15, -0.1) is 0 Å². The molecular weight excluding hydrogens is 268 g/mol. The van der Waals surface area contributed by atoms with Crippen LogP contribution in [0.4, 0.5) is 10.5 Å². The summed E-state index contributed by atoms with van der Waals surface area (Å²) in [5.41, 5.74) is 1.90. The van der Waals surface area contributed by atoms with E-state index in [1.807, 2.05) is 31.2 Å². The zero-order chi connectivity index (χ0) is 15.2. The minimum atomic E-state index is -0.267. The predicted molar refractivity (Wildman–Crippen MR) is 81.1 cm³/mol. The molecule has 0 aliphatic heterocycles. The van der Waals surface area contributed by atoms with E-state index in [2.05, 4.69) is 10.6 Å². The minimum absolute atomic E-state index is 0.147. The van der Waals surface area contributed by atoms with Crippen LogP contribution in [0.15, 0.2) is 24.3 Å². The Morgan fingerprint density at radius 1 is 1.29 bits per heavy atom. The number of urea groups is 1. The first-order valence-corrected chi connectivity index (χ1v) is 7.39. The third-order valence-corrected chi connectivity index (χ3v) is 3.98. The van der Waals surface area contributed by atoms with Crippen molar-refractivity contribution < 1.29 is 14.3 Å². The van der Waals surface area contributed by atoms with Crippen LogP contribution in [-0.4, -0.2) is 25.2 Å². The van der Waals surface area contributed by atoms with Crippen LogP contribution in [-0.2, 0) is 16.0 Å². The summed E-state index contributed by atoms with van der Waals surface area (Å²) in [6.45, 7) is 2.04. The third-order valence-electron chi connectivity index (χ3n) is 3.98. The van der Waals surface area contributed by atoms with Gasteiger partial charge in [-0.3, -0.25) is 4.79 Å². The molecule has 0 unspecified atom stereocenters. The average Bonchev–Trinajstić information content (AvgIpc) is 2.95. The molecule has 114 valence electrons. The second kappa shape index (κ2) is 7.11. The Balaban J connectivity index is 1.97. The largest absolute Gasteiger partial charge is 0.469 e. The number of carbonyl (C=O) groups is 2. The van der Waals surface area contributed by atoms with Crippen molar-refractivity contribution in [2.24, 2.45) is 5.92 Å². The van der Waals surface area contributed by atoms with Crippen molar-refractivity contribution in [1.29, 1.82) is 0 Å². The van der Waals surface area contributed by atoms with Gasteiger partial charge in [0, 0.05) is 11.7 Å². The number of para-hydroxylation sites is 1. The summed E-state index contributed by atoms with van der Waals surface area (Å²) in [6, 6.07) is 7.30. The molecule has 2 N–H and O–H groups in total. The normalized spacial score (nSPS) is 20.9. The number of hydrogen-bond donors (Lipinski definition) is 2. The first-order valence-electron chi connectivity index (χ1n) is 7.39. The van der Waals surface area contributed by atoms with Gasteiger partial charge in [0.2, 0.25) is 0 Å². The molecule has 0 saturated heterocycles. The molecule has 5 heteroatoms. The number of anilines is 1. The fourth-order valence-electron chi connectivity index (χ4n) is 2.84. The predicted octanol–water partition coefficient (Wildman–Crippen LogP) is 2.71. The molecule has 1 fully saturated rings. The molecule has 0 radical (unpaired) electrons. The lowest BCUT2D eigenvalue weighted by atomic mass is 10.0. The molecule has 21 heavy (non-hydrogen) atoms. The lowest BCUT2D eigenvalue weighted by Crippen LogP contribution is -2.42. The lowest BCUT2D eigenvalue weighted by Gasteiger charge is -2.19. The Kier molecular flexibility index (Phi) is 5.20. The Labute approximate surface area is 125 Å². The van der Waals surface area contributed by atoms with Gasteiger partial charge in [-0.05, 0) is 30.9 Å². The molecule has 1 aliphatic carbocycles. The van der Waals surface area contributed by atoms with Gasteiger partial charge in [-0.25, -0.2) is 4.79 Å². The highest BCUT2D eigenvalue weighted by atomic mass is 16.5. The number of benzene rings is 1. The molecule has 0 aromatic heterocycles. The highest BCUT2D eigenvalue weighted by Crippen LogP contribution is 2.27. The number of aryl methyl sites for hydroxylation is 1. The molecule has 5 nitrogen and oxygen atoms in total. The number of ether oxygens (including phenoxy) is 1. The molecule has 1 aromatic carbocycles. The maximum atomic E-state index is 12.1. The van der Waals surface area contributed by atoms with Crippen molar-refractivity contribution >= 4 is 17.7 Å². The quantitative estimate of drug-likeness (QED) is 0.838. The van der Waals surface area contributed by atoms with Crippen LogP contribution in [0.1, 0.15) is 31.7 Å². The highest BCUT2D eigenvalue weighted by molar-refractivity contribution is 5.90. The first kappa shape index (κ1) is 15.4. The fraction of sp³-hybridized carbons (Fsp3) is 0.500. The van der Waals surface area contributed by atoms with E-state index < -0.39 is 0 Å². The molecule has 1 saturated carbocycles. The van der Waals surface area contributed by atoms with Crippen LogP contribution in [0.25, 0.3) is 0 Å². The molecule has 1 aromatic rings. The molecule has 0 bridgehead atoms. The van der Waals surface area contributed by atoms with Crippen molar-refractivity contribution in [2.75, 3.05) is 12.4 Å². The second-order valence-corrected chi connectivity index (χ2v) is 5.28. The van der Waals surface area contributed by atoms with Crippen LogP contribution in [0.2, 0.25) is 0 Å². The summed E-state index contributed by atoms with van der Waals surface area (Å²) in [4.78, 5) is 23.8. The zero-order valence-corrected chi connectivity index (χ0v) is 12.5. The van der Waals surface area contributed by atoms with Crippen LogP contribution in [0.5, 0.6) is 0 Å². The molecule has 0 heterocycles. The van der Waals surface area contributed by atoms with Crippen molar-refractivity contribution in [2.45, 2.75) is 38.6 Å². The van der Waals surface area contributed by atoms with Gasteiger partial charge < -0.3 is 15.4 Å². The van der Waals surface area contributed by atoms with Crippen LogP contribution in [0.3, 0.4) is 0 Å². The standard InChI is InChI=1S/C16H22N2O3/c1-3-11-7-4-5-9-13(11)17-16(20)18-14-10-6-8-12(14)15(19)21-2/h4-5,7,9,12,14H,3,6,8,10H2,1-2H3,(H2,17,18,20)/t12-,14-/m0/s1. The number of carbonyl (C=O) groups excluding carboxylic acids is 2. The smallest absolute Gasteiger partial charge is 0.319 e. The van der Waals surface area contributed by atoms with Gasteiger partial charge >= 0.3 is 12.0 Å². The highest BCUT2D eigenvalue weighted by Gasteiger charge is 2.34. The maximum absolute atomic E-state index is 12.1. The van der Waals surface area contributed by atoms with Gasteiger partial charge in [0.05, 0.1) is 13.0 Å². The van der Waals surface area contributed by atoms with Crippen LogP contribution >= 0.6 is 0 Å². The SMILES string of the molecule is CCc1ccccc1NC(=O)N[C@H]1CCC[C@@H]1C(=O)OC. The number of esters is 1. The Morgan fingerprint density at radius 2 is 2.05 bits per heavy atom. The van der Waals surface area contributed by atoms with Crippen molar-refractivity contribution in [3.8, 4) is 0 Å². The van der Waals surface area contributed by atoms with Gasteiger partial charge in [0.1, 0.15) is 0 Å². The van der Waals surface area contributed by atoms with Crippen molar-refractivity contribution in [1.82, 2.24) is 5.32 Å². The van der Waals surface area contributed by atoms with Gasteiger partial charge in [0.25, 0.3) is 0 Å². The summed E-state index contributed by atoms with van der Waals surface area (Å²) in [5, 5.41) is 5.76. The van der Waals surface area contributed by atoms with Crippen molar-refractivity contribution in [3.63, 3.8) is 0 Å². The molecule has 2 amide bonds. The van der Waals surface area contributed by atoms with Crippen molar-refractivity contribution in [3.05, 3.63) is 29.8 Å². The van der Waals surface area contributed by atoms with E-state index in [4.69, 9.17) is 4.74 Å². The van der Waals surface area contributed by atoms with E-state index in [1.54, 1.807) is 0 Å². The minimum Gasteiger partial charge on any atom is -0.469 e. The number of hydrogen-bond acceptors (Lipinski definition) is 3. The summed E-state index contributed by atoms with van der Waals surface area (Å²) < 4.78 is 4.79. The summed E-state index contributed by atoms with van der Waals surface area (Å²) in [7, 11) is 1.38. The van der Waals surface area contributed by atoms with Crippen LogP contribution < -0.4 is 10.6 Å². The van der Waals surface area contributed by atoms with Crippen LogP contribution in [0, 0.1) is 5.92 Å². The fourth-order valence-corrected chi connectivity index (χ4v) is 2.84. The number of methoxy groups -OCH3 is 1. The first-order chi connectivity index (χ1) is 10.2. The zero-order valence-electron chi connectivity index (χ0n) is 12.5. The second-order valence-electron chi connectivity index (χ2n) is 5.28. The Hall–Kier alpha value is -2.04. The number of rotatable bonds is 4.